The minimum Gasteiger partial charge on any atom is -0.375 e. The highest BCUT2D eigenvalue weighted by Gasteiger charge is 2.27. The Kier molecular flexibility index (Phi) is 7.02. The number of nitrogens with zero attached hydrogens (tertiary/aromatic N) is 2. The van der Waals surface area contributed by atoms with E-state index in [1.807, 2.05) is 27.7 Å². The second-order valence-corrected chi connectivity index (χ2v) is 6.73. The minimum atomic E-state index is -0.455. The Morgan fingerprint density at radius 1 is 0.957 bits per heavy atom. The van der Waals surface area contributed by atoms with Crippen molar-refractivity contribution in [1.82, 2.24) is 4.90 Å². The molecule has 0 radical (unpaired) electrons. The zero-order valence-corrected chi connectivity index (χ0v) is 14.3. The molecule has 0 aliphatic carbocycles. The van der Waals surface area contributed by atoms with Gasteiger partial charge in [-0.1, -0.05) is 5.18 Å². The molecule has 1 rings (SSSR count). The molecule has 0 aromatic carbocycles. The molecule has 0 saturated heterocycles. The molecule has 0 N–H and O–H groups in total. The predicted octanol–water partition coefficient (Wildman–Crippen LogP) is 2.05. The summed E-state index contributed by atoms with van der Waals surface area (Å²) in [5.41, 5.74) is -0.852. The molecule has 0 atom stereocenters. The van der Waals surface area contributed by atoms with Crippen molar-refractivity contribution in [3.8, 4) is 0 Å². The van der Waals surface area contributed by atoms with E-state index in [1.165, 1.54) is 17.1 Å². The highest BCUT2D eigenvalue weighted by atomic mass is 16.5. The lowest BCUT2D eigenvalue weighted by molar-refractivity contribution is -0.137. The number of ether oxygens (including phenoxy) is 2. The second kappa shape index (κ2) is 8.31. The Balaban J connectivity index is 2.30. The van der Waals surface area contributed by atoms with Gasteiger partial charge in [0, 0.05) is 18.7 Å². The third-order valence-electron chi connectivity index (χ3n) is 3.71. The van der Waals surface area contributed by atoms with Crippen LogP contribution in [0.5, 0.6) is 0 Å². The summed E-state index contributed by atoms with van der Waals surface area (Å²) in [7, 11) is 0. The summed E-state index contributed by atoms with van der Waals surface area (Å²) in [5, 5.41) is 2.76. The molecule has 1 heterocycles. The monoisotopic (exact) mass is 326 g/mol. The standard InChI is InChI=1S/C16H26N2O5/c1-15(2,7-10-18-13(19)5-6-14(18)20)22-11-8-16(3,4)23-12-9-17-21/h5-6H,7-12H2,1-4H3. The predicted molar refractivity (Wildman–Crippen MR) is 85.8 cm³/mol. The smallest absolute Gasteiger partial charge is 0.253 e. The van der Waals surface area contributed by atoms with Crippen LogP contribution in [0.4, 0.5) is 0 Å². The summed E-state index contributed by atoms with van der Waals surface area (Å²) in [6.45, 7) is 8.97. The Labute approximate surface area is 137 Å². The zero-order valence-electron chi connectivity index (χ0n) is 14.3. The first-order valence-corrected chi connectivity index (χ1v) is 7.77. The molecule has 0 unspecified atom stereocenters. The Hall–Kier alpha value is -1.60. The fourth-order valence-corrected chi connectivity index (χ4v) is 2.11. The first-order valence-electron chi connectivity index (χ1n) is 7.77. The van der Waals surface area contributed by atoms with Crippen LogP contribution in [0.3, 0.4) is 0 Å². The summed E-state index contributed by atoms with van der Waals surface area (Å²) in [5.74, 6) is -0.548. The van der Waals surface area contributed by atoms with Crippen LogP contribution in [0.1, 0.15) is 40.5 Å². The first kappa shape index (κ1) is 19.4. The van der Waals surface area contributed by atoms with Crippen molar-refractivity contribution in [2.45, 2.75) is 51.7 Å². The lowest BCUT2D eigenvalue weighted by Crippen LogP contribution is -2.37. The topological polar surface area (TPSA) is 85.3 Å². The Morgan fingerprint density at radius 3 is 2.04 bits per heavy atom. The van der Waals surface area contributed by atoms with Crippen LogP contribution in [-0.2, 0) is 19.1 Å². The maximum Gasteiger partial charge on any atom is 0.253 e. The first-order chi connectivity index (χ1) is 10.7. The van der Waals surface area contributed by atoms with Gasteiger partial charge in [-0.2, -0.15) is 4.91 Å². The second-order valence-electron chi connectivity index (χ2n) is 6.73. The van der Waals surface area contributed by atoms with Crippen LogP contribution in [0.15, 0.2) is 17.3 Å². The third-order valence-corrected chi connectivity index (χ3v) is 3.71. The molecular weight excluding hydrogens is 300 g/mol. The summed E-state index contributed by atoms with van der Waals surface area (Å²) in [6, 6.07) is 0. The van der Waals surface area contributed by atoms with Gasteiger partial charge in [0.25, 0.3) is 11.8 Å². The van der Waals surface area contributed by atoms with Gasteiger partial charge in [-0.3, -0.25) is 14.5 Å². The lowest BCUT2D eigenvalue weighted by atomic mass is 10.0. The largest absolute Gasteiger partial charge is 0.375 e. The molecule has 23 heavy (non-hydrogen) atoms. The van der Waals surface area contributed by atoms with Gasteiger partial charge in [-0.15, -0.1) is 0 Å². The van der Waals surface area contributed by atoms with E-state index in [0.717, 1.165) is 0 Å². The highest BCUT2D eigenvalue weighted by Crippen LogP contribution is 2.20. The minimum absolute atomic E-state index is 0.141. The number of nitroso groups, excluding NO2 is 1. The molecule has 0 aromatic heterocycles. The van der Waals surface area contributed by atoms with Gasteiger partial charge in [0.2, 0.25) is 0 Å². The highest BCUT2D eigenvalue weighted by molar-refractivity contribution is 6.12. The van der Waals surface area contributed by atoms with Gasteiger partial charge in [-0.25, -0.2) is 0 Å². The maximum atomic E-state index is 11.5. The Bertz CT molecular complexity index is 453. The molecule has 7 nitrogen and oxygen atoms in total. The average molecular weight is 326 g/mol. The van der Waals surface area contributed by atoms with Crippen molar-refractivity contribution in [1.29, 1.82) is 0 Å². The van der Waals surface area contributed by atoms with Crippen LogP contribution < -0.4 is 0 Å². The SMILES string of the molecule is CC(C)(CCOC(C)(C)CCN1C(=O)C=CC1=O)OCCN=O. The van der Waals surface area contributed by atoms with Crippen molar-refractivity contribution >= 4 is 11.8 Å². The van der Waals surface area contributed by atoms with E-state index in [4.69, 9.17) is 9.47 Å². The van der Waals surface area contributed by atoms with E-state index in [1.54, 1.807) is 0 Å². The van der Waals surface area contributed by atoms with Crippen LogP contribution in [0.25, 0.3) is 0 Å². The lowest BCUT2D eigenvalue weighted by Gasteiger charge is -2.30. The van der Waals surface area contributed by atoms with Crippen molar-refractivity contribution < 1.29 is 19.1 Å². The van der Waals surface area contributed by atoms with Gasteiger partial charge in [0.1, 0.15) is 6.54 Å². The van der Waals surface area contributed by atoms with Crippen LogP contribution in [0, 0.1) is 4.91 Å². The summed E-state index contributed by atoms with van der Waals surface area (Å²) < 4.78 is 11.4. The van der Waals surface area contributed by atoms with E-state index < -0.39 is 11.2 Å². The molecule has 1 aliphatic rings. The fraction of sp³-hybridized carbons (Fsp3) is 0.750. The van der Waals surface area contributed by atoms with E-state index in [0.29, 0.717) is 32.6 Å². The van der Waals surface area contributed by atoms with Gasteiger partial charge in [0.05, 0.1) is 24.4 Å². The van der Waals surface area contributed by atoms with Gasteiger partial charge in [0.15, 0.2) is 0 Å². The van der Waals surface area contributed by atoms with Crippen molar-refractivity contribution in [2.75, 3.05) is 26.3 Å². The number of carbonyl (C=O) groups excluding carboxylic acids is 2. The van der Waals surface area contributed by atoms with Crippen LogP contribution >= 0.6 is 0 Å². The van der Waals surface area contributed by atoms with Gasteiger partial charge >= 0.3 is 0 Å². The van der Waals surface area contributed by atoms with Crippen molar-refractivity contribution in [3.63, 3.8) is 0 Å². The summed E-state index contributed by atoms with van der Waals surface area (Å²) in [6.07, 6.45) is 3.79. The molecule has 0 bridgehead atoms. The summed E-state index contributed by atoms with van der Waals surface area (Å²) >= 11 is 0. The van der Waals surface area contributed by atoms with Crippen LogP contribution in [0.2, 0.25) is 0 Å². The van der Waals surface area contributed by atoms with E-state index in [-0.39, 0.29) is 18.4 Å². The molecule has 0 aromatic rings. The number of imide groups is 1. The van der Waals surface area contributed by atoms with E-state index >= 15 is 0 Å². The van der Waals surface area contributed by atoms with Gasteiger partial charge in [-0.05, 0) is 40.5 Å². The maximum absolute atomic E-state index is 11.5. The fourth-order valence-electron chi connectivity index (χ4n) is 2.11. The third kappa shape index (κ3) is 7.00. The quantitative estimate of drug-likeness (QED) is 0.329. The molecular formula is C16H26N2O5. The molecule has 1 aliphatic heterocycles. The van der Waals surface area contributed by atoms with Crippen molar-refractivity contribution in [3.05, 3.63) is 17.1 Å². The molecule has 0 saturated carbocycles. The Morgan fingerprint density at radius 2 is 1.48 bits per heavy atom. The van der Waals surface area contributed by atoms with Crippen molar-refractivity contribution in [2.24, 2.45) is 5.18 Å². The molecule has 2 amide bonds. The number of carbonyl (C=O) groups is 2. The van der Waals surface area contributed by atoms with E-state index in [9.17, 15) is 14.5 Å². The number of rotatable bonds is 11. The molecule has 130 valence electrons. The number of hydrogen-bond acceptors (Lipinski definition) is 6. The number of amides is 2. The van der Waals surface area contributed by atoms with Crippen LogP contribution in [-0.4, -0.2) is 54.2 Å². The normalized spacial score (nSPS) is 15.6. The zero-order chi connectivity index (χ0) is 17.5. The van der Waals surface area contributed by atoms with Gasteiger partial charge < -0.3 is 9.47 Å². The summed E-state index contributed by atoms with van der Waals surface area (Å²) in [4.78, 5) is 34.3. The molecule has 0 spiro atoms. The molecule has 7 heteroatoms. The number of hydrogen-bond donors (Lipinski definition) is 0. The van der Waals surface area contributed by atoms with E-state index in [2.05, 4.69) is 5.18 Å². The average Bonchev–Trinajstić information content (AvgIpc) is 2.75. The molecule has 0 fully saturated rings.